The Morgan fingerprint density at radius 3 is 2.79 bits per heavy atom. The third kappa shape index (κ3) is 3.26. The smallest absolute Gasteiger partial charge is 0.228 e. The van der Waals surface area contributed by atoms with Crippen LogP contribution < -0.4 is 10.2 Å². The highest BCUT2D eigenvalue weighted by Crippen LogP contribution is 2.34. The van der Waals surface area contributed by atoms with Gasteiger partial charge < -0.3 is 10.2 Å². The number of anilines is 2. The van der Waals surface area contributed by atoms with Gasteiger partial charge >= 0.3 is 0 Å². The van der Waals surface area contributed by atoms with Gasteiger partial charge in [0.2, 0.25) is 5.91 Å². The molecule has 5 rings (SSSR count). The van der Waals surface area contributed by atoms with Gasteiger partial charge in [0.1, 0.15) is 5.82 Å². The molecule has 0 aliphatic carbocycles. The van der Waals surface area contributed by atoms with E-state index in [1.807, 2.05) is 6.07 Å². The van der Waals surface area contributed by atoms with Crippen molar-refractivity contribution >= 4 is 50.6 Å². The maximum Gasteiger partial charge on any atom is 0.228 e. The molecular formula is C21H21ClN4OS. The largest absolute Gasteiger partial charge is 0.353 e. The summed E-state index contributed by atoms with van der Waals surface area (Å²) in [4.78, 5) is 16.5. The van der Waals surface area contributed by atoms with Crippen LogP contribution in [-0.4, -0.2) is 47.9 Å². The Morgan fingerprint density at radius 2 is 1.93 bits per heavy atom. The average molecular weight is 413 g/mol. The lowest BCUT2D eigenvalue weighted by atomic mass is 10.1. The first-order valence-corrected chi connectivity index (χ1v) is 10.8. The minimum Gasteiger partial charge on any atom is -0.353 e. The minimum absolute atomic E-state index is 0.0275. The highest BCUT2D eigenvalue weighted by molar-refractivity contribution is 7.13. The van der Waals surface area contributed by atoms with Crippen LogP contribution in [0.4, 0.5) is 11.5 Å². The molecule has 1 N–H and O–H groups in total. The maximum atomic E-state index is 11.6. The SMILES string of the molecule is O=C1Cc2ccc(CCN3CCN(c4nsc5ccccc45)CC3)c(Cl)c2N1. The molecule has 0 spiro atoms. The summed E-state index contributed by atoms with van der Waals surface area (Å²) in [7, 11) is 0. The molecule has 1 saturated heterocycles. The number of nitrogens with zero attached hydrogens (tertiary/aromatic N) is 3. The van der Waals surface area contributed by atoms with E-state index in [1.165, 1.54) is 10.1 Å². The predicted octanol–water partition coefficient (Wildman–Crippen LogP) is 3.81. The molecule has 2 aliphatic heterocycles. The fraction of sp³-hybridized carbons (Fsp3) is 0.333. The van der Waals surface area contributed by atoms with Crippen LogP contribution in [0.25, 0.3) is 10.1 Å². The first-order chi connectivity index (χ1) is 13.7. The van der Waals surface area contributed by atoms with Crippen molar-refractivity contribution in [3.05, 3.63) is 52.5 Å². The van der Waals surface area contributed by atoms with Crippen LogP contribution >= 0.6 is 23.1 Å². The van der Waals surface area contributed by atoms with Gasteiger partial charge in [-0.15, -0.1) is 0 Å². The third-order valence-electron chi connectivity index (χ3n) is 5.65. The fourth-order valence-electron chi connectivity index (χ4n) is 4.05. The van der Waals surface area contributed by atoms with Crippen molar-refractivity contribution in [3.63, 3.8) is 0 Å². The highest BCUT2D eigenvalue weighted by atomic mass is 35.5. The maximum absolute atomic E-state index is 11.6. The fourth-order valence-corrected chi connectivity index (χ4v) is 5.18. The van der Waals surface area contributed by atoms with E-state index in [2.05, 4.69) is 49.8 Å². The lowest BCUT2D eigenvalue weighted by molar-refractivity contribution is -0.115. The quantitative estimate of drug-likeness (QED) is 0.707. The number of hydrogen-bond donors (Lipinski definition) is 1. The van der Waals surface area contributed by atoms with Crippen LogP contribution in [0, 0.1) is 0 Å². The normalized spacial score (nSPS) is 17.2. The number of rotatable bonds is 4. The lowest BCUT2D eigenvalue weighted by Gasteiger charge is -2.35. The van der Waals surface area contributed by atoms with Gasteiger partial charge in [0.25, 0.3) is 0 Å². The Morgan fingerprint density at radius 1 is 1.11 bits per heavy atom. The number of amides is 1. The molecule has 7 heteroatoms. The summed E-state index contributed by atoms with van der Waals surface area (Å²) in [6, 6.07) is 12.5. The van der Waals surface area contributed by atoms with Crippen LogP contribution in [0.3, 0.4) is 0 Å². The number of carbonyl (C=O) groups excluding carboxylic acids is 1. The molecule has 5 nitrogen and oxygen atoms in total. The summed E-state index contributed by atoms with van der Waals surface area (Å²) in [5, 5.41) is 4.84. The van der Waals surface area contributed by atoms with Gasteiger partial charge in [-0.2, -0.15) is 4.37 Å². The van der Waals surface area contributed by atoms with Gasteiger partial charge in [-0.05, 0) is 41.2 Å². The summed E-state index contributed by atoms with van der Waals surface area (Å²) in [6.45, 7) is 4.98. The molecule has 0 bridgehead atoms. The number of aromatic nitrogens is 1. The van der Waals surface area contributed by atoms with E-state index >= 15 is 0 Å². The molecule has 1 aromatic heterocycles. The molecule has 28 heavy (non-hydrogen) atoms. The molecule has 144 valence electrons. The molecule has 0 radical (unpaired) electrons. The number of benzene rings is 2. The van der Waals surface area contributed by atoms with Crippen LogP contribution in [0.15, 0.2) is 36.4 Å². The molecule has 1 amide bonds. The molecule has 1 fully saturated rings. The zero-order chi connectivity index (χ0) is 19.1. The van der Waals surface area contributed by atoms with E-state index in [0.29, 0.717) is 11.4 Å². The van der Waals surface area contributed by atoms with Gasteiger partial charge in [-0.3, -0.25) is 9.69 Å². The molecule has 3 aromatic rings. The third-order valence-corrected chi connectivity index (χ3v) is 6.90. The Kier molecular flexibility index (Phi) is 4.70. The molecule has 2 aromatic carbocycles. The van der Waals surface area contributed by atoms with Gasteiger partial charge in [0.15, 0.2) is 0 Å². The van der Waals surface area contributed by atoms with Crippen molar-refractivity contribution in [1.82, 2.24) is 9.27 Å². The minimum atomic E-state index is 0.0275. The molecular weight excluding hydrogens is 392 g/mol. The van der Waals surface area contributed by atoms with Gasteiger partial charge in [0.05, 0.1) is 21.8 Å². The average Bonchev–Trinajstić information content (AvgIpc) is 3.31. The van der Waals surface area contributed by atoms with Crippen molar-refractivity contribution in [1.29, 1.82) is 0 Å². The van der Waals surface area contributed by atoms with E-state index in [0.717, 1.165) is 61.8 Å². The molecule has 3 heterocycles. The van der Waals surface area contributed by atoms with Gasteiger partial charge in [-0.25, -0.2) is 0 Å². The molecule has 0 saturated carbocycles. The van der Waals surface area contributed by atoms with Crippen LogP contribution in [0.5, 0.6) is 0 Å². The predicted molar refractivity (Wildman–Crippen MR) is 116 cm³/mol. The van der Waals surface area contributed by atoms with Gasteiger partial charge in [0, 0.05) is 38.1 Å². The topological polar surface area (TPSA) is 48.5 Å². The van der Waals surface area contributed by atoms with E-state index in [4.69, 9.17) is 11.6 Å². The number of hydrogen-bond acceptors (Lipinski definition) is 5. The van der Waals surface area contributed by atoms with Crippen LogP contribution in [0.2, 0.25) is 5.02 Å². The van der Waals surface area contributed by atoms with E-state index < -0.39 is 0 Å². The standard InChI is InChI=1S/C21H21ClN4OS/c22-19-14(5-6-15-13-18(27)23-20(15)19)7-8-25-9-11-26(12-10-25)21-16-3-1-2-4-17(16)28-24-21/h1-6H,7-13H2,(H,23,27). The highest BCUT2D eigenvalue weighted by Gasteiger charge is 2.23. The van der Waals surface area contributed by atoms with E-state index in [-0.39, 0.29) is 5.91 Å². The second-order valence-corrected chi connectivity index (χ2v) is 8.56. The van der Waals surface area contributed by atoms with E-state index in [9.17, 15) is 4.79 Å². The number of piperazine rings is 1. The van der Waals surface area contributed by atoms with Crippen molar-refractivity contribution in [3.8, 4) is 0 Å². The Balaban J connectivity index is 1.21. The zero-order valence-corrected chi connectivity index (χ0v) is 17.0. The molecule has 0 unspecified atom stereocenters. The Bertz CT molecular complexity index is 1040. The van der Waals surface area contributed by atoms with Crippen LogP contribution in [0.1, 0.15) is 11.1 Å². The number of fused-ring (bicyclic) bond motifs is 2. The zero-order valence-electron chi connectivity index (χ0n) is 15.4. The summed E-state index contributed by atoms with van der Waals surface area (Å²) < 4.78 is 5.93. The Hall–Kier alpha value is -2.15. The first kappa shape index (κ1) is 17.9. The summed E-state index contributed by atoms with van der Waals surface area (Å²) in [5.74, 6) is 1.15. The number of nitrogens with one attached hydrogen (secondary N) is 1. The van der Waals surface area contributed by atoms with Gasteiger partial charge in [-0.1, -0.05) is 35.9 Å². The lowest BCUT2D eigenvalue weighted by Crippen LogP contribution is -2.47. The molecule has 2 aliphatic rings. The molecule has 0 atom stereocenters. The summed E-state index contributed by atoms with van der Waals surface area (Å²) in [6.07, 6.45) is 1.32. The van der Waals surface area contributed by atoms with Crippen molar-refractivity contribution < 1.29 is 4.79 Å². The Labute approximate surface area is 173 Å². The summed E-state index contributed by atoms with van der Waals surface area (Å²) in [5.41, 5.74) is 2.92. The van der Waals surface area contributed by atoms with E-state index in [1.54, 1.807) is 11.5 Å². The number of halogens is 1. The second-order valence-electron chi connectivity index (χ2n) is 7.38. The number of carbonyl (C=O) groups is 1. The van der Waals surface area contributed by atoms with Crippen molar-refractivity contribution in [2.75, 3.05) is 42.9 Å². The van der Waals surface area contributed by atoms with Crippen molar-refractivity contribution in [2.45, 2.75) is 12.8 Å². The summed E-state index contributed by atoms with van der Waals surface area (Å²) >= 11 is 8.11. The second kappa shape index (κ2) is 7.35. The monoisotopic (exact) mass is 412 g/mol. The first-order valence-electron chi connectivity index (χ1n) is 9.61. The van der Waals surface area contributed by atoms with Crippen molar-refractivity contribution in [2.24, 2.45) is 0 Å². The van der Waals surface area contributed by atoms with Crippen LogP contribution in [-0.2, 0) is 17.6 Å².